The summed E-state index contributed by atoms with van der Waals surface area (Å²) in [6, 6.07) is 12.8. The molecule has 2 unspecified atom stereocenters. The first-order valence-electron chi connectivity index (χ1n) is 9.39. The van der Waals surface area contributed by atoms with Gasteiger partial charge < -0.3 is 15.0 Å². The number of hydrogen-bond acceptors (Lipinski definition) is 3. The Morgan fingerprint density at radius 2 is 1.81 bits per heavy atom. The number of aromatic nitrogens is 1. The molecule has 1 aliphatic heterocycles. The van der Waals surface area contributed by atoms with Crippen LogP contribution in [0.2, 0.25) is 0 Å². The zero-order valence-corrected chi connectivity index (χ0v) is 15.6. The maximum Gasteiger partial charge on any atom is 0.198 e. The lowest BCUT2D eigenvalue weighted by atomic mass is 9.91. The topological polar surface area (TPSA) is 51.6 Å². The molecule has 2 atom stereocenters. The third kappa shape index (κ3) is 3.54. The Kier molecular flexibility index (Phi) is 4.60. The van der Waals surface area contributed by atoms with Gasteiger partial charge in [-0.2, -0.15) is 0 Å². The third-order valence-corrected chi connectivity index (χ3v) is 5.22. The number of anilines is 1. The highest BCUT2D eigenvalue weighted by Gasteiger charge is 2.21. The van der Waals surface area contributed by atoms with Crippen LogP contribution in [0.1, 0.15) is 25.8 Å². The molecule has 2 aromatic carbocycles. The van der Waals surface area contributed by atoms with E-state index < -0.39 is 0 Å². The van der Waals surface area contributed by atoms with Gasteiger partial charge in [-0.05, 0) is 54.7 Å². The number of nitrogens with one attached hydrogen (secondary N) is 1. The van der Waals surface area contributed by atoms with E-state index in [1.165, 1.54) is 24.4 Å². The van der Waals surface area contributed by atoms with Crippen molar-refractivity contribution in [3.63, 3.8) is 0 Å². The Balaban J connectivity index is 1.56. The molecule has 0 amide bonds. The van der Waals surface area contributed by atoms with E-state index in [4.69, 9.17) is 0 Å². The standard InChI is InChI=1S/C22H24FN3O/c1-14-10-15(2)13-26(12-14)17-8-6-16(7-9-17)24-11-18-21-19(23)4-3-5-20(21)25-22(18)27/h3-9,11,14-15,25,27H,10,12-13H2,1-2H3. The fraction of sp³-hybridized carbons (Fsp3) is 0.318. The van der Waals surface area contributed by atoms with Crippen LogP contribution in [0.25, 0.3) is 10.9 Å². The number of piperidine rings is 1. The van der Waals surface area contributed by atoms with E-state index in [2.05, 4.69) is 40.9 Å². The number of hydrogen-bond donors (Lipinski definition) is 2. The highest BCUT2D eigenvalue weighted by molar-refractivity contribution is 6.02. The number of aliphatic imine (C=N–C) groups is 1. The SMILES string of the molecule is CC1CC(C)CN(c2ccc(N=Cc3c(O)[nH]c4cccc(F)c34)cc2)C1. The quantitative estimate of drug-likeness (QED) is 0.623. The van der Waals surface area contributed by atoms with Crippen molar-refractivity contribution < 1.29 is 9.50 Å². The van der Waals surface area contributed by atoms with Gasteiger partial charge in [0.25, 0.3) is 0 Å². The first kappa shape index (κ1) is 17.6. The summed E-state index contributed by atoms with van der Waals surface area (Å²) < 4.78 is 14.1. The summed E-state index contributed by atoms with van der Waals surface area (Å²) in [4.78, 5) is 9.63. The molecule has 3 aromatic rings. The van der Waals surface area contributed by atoms with Crippen molar-refractivity contribution in [2.75, 3.05) is 18.0 Å². The third-order valence-electron chi connectivity index (χ3n) is 5.22. The van der Waals surface area contributed by atoms with Crippen LogP contribution < -0.4 is 4.90 Å². The summed E-state index contributed by atoms with van der Waals surface area (Å²) in [7, 11) is 0. The maximum atomic E-state index is 14.1. The molecule has 2 heterocycles. The van der Waals surface area contributed by atoms with Crippen molar-refractivity contribution in [2.24, 2.45) is 16.8 Å². The number of aromatic amines is 1. The number of benzene rings is 2. The number of fused-ring (bicyclic) bond motifs is 1. The minimum absolute atomic E-state index is 0.0771. The van der Waals surface area contributed by atoms with Gasteiger partial charge >= 0.3 is 0 Å². The van der Waals surface area contributed by atoms with Crippen LogP contribution in [0.15, 0.2) is 47.5 Å². The number of nitrogens with zero attached hydrogens (tertiary/aromatic N) is 2. The summed E-state index contributed by atoms with van der Waals surface area (Å²) in [5.41, 5.74) is 2.89. The molecule has 0 spiro atoms. The molecule has 1 aliphatic rings. The average Bonchev–Trinajstić information content (AvgIpc) is 2.96. The smallest absolute Gasteiger partial charge is 0.198 e. The van der Waals surface area contributed by atoms with Crippen LogP contribution in [0.4, 0.5) is 15.8 Å². The van der Waals surface area contributed by atoms with E-state index in [-0.39, 0.29) is 11.7 Å². The molecule has 4 nitrogen and oxygen atoms in total. The lowest BCUT2D eigenvalue weighted by Crippen LogP contribution is -2.38. The normalized spacial score (nSPS) is 20.6. The van der Waals surface area contributed by atoms with E-state index in [0.717, 1.165) is 18.8 Å². The van der Waals surface area contributed by atoms with Crippen molar-refractivity contribution in [2.45, 2.75) is 20.3 Å². The Morgan fingerprint density at radius 3 is 2.52 bits per heavy atom. The molecule has 1 saturated heterocycles. The Hall–Kier alpha value is -2.82. The fourth-order valence-electron chi connectivity index (χ4n) is 4.10. The summed E-state index contributed by atoms with van der Waals surface area (Å²) in [6.07, 6.45) is 2.79. The van der Waals surface area contributed by atoms with Crippen molar-refractivity contribution in [1.82, 2.24) is 4.98 Å². The molecule has 0 aliphatic carbocycles. The molecule has 0 bridgehead atoms. The predicted molar refractivity (Wildman–Crippen MR) is 109 cm³/mol. The molecule has 1 fully saturated rings. The van der Waals surface area contributed by atoms with Gasteiger partial charge in [-0.3, -0.25) is 4.99 Å². The van der Waals surface area contributed by atoms with Crippen molar-refractivity contribution >= 4 is 28.5 Å². The van der Waals surface area contributed by atoms with E-state index in [1.807, 2.05) is 12.1 Å². The second kappa shape index (κ2) is 7.06. The minimum atomic E-state index is -0.380. The fourth-order valence-corrected chi connectivity index (χ4v) is 4.10. The molecule has 140 valence electrons. The van der Waals surface area contributed by atoms with Crippen LogP contribution in [0.3, 0.4) is 0 Å². The van der Waals surface area contributed by atoms with E-state index in [1.54, 1.807) is 12.1 Å². The molecule has 27 heavy (non-hydrogen) atoms. The predicted octanol–water partition coefficient (Wildman–Crippen LogP) is 5.25. The van der Waals surface area contributed by atoms with Gasteiger partial charge in [0, 0.05) is 30.4 Å². The minimum Gasteiger partial charge on any atom is -0.494 e. The van der Waals surface area contributed by atoms with Gasteiger partial charge in [0.1, 0.15) is 5.82 Å². The van der Waals surface area contributed by atoms with Crippen molar-refractivity contribution in [1.29, 1.82) is 0 Å². The zero-order chi connectivity index (χ0) is 19.0. The van der Waals surface area contributed by atoms with E-state index in [0.29, 0.717) is 28.3 Å². The van der Waals surface area contributed by atoms with E-state index in [9.17, 15) is 9.50 Å². The van der Waals surface area contributed by atoms with Gasteiger partial charge in [0.15, 0.2) is 5.88 Å². The summed E-state index contributed by atoms with van der Waals surface area (Å²) in [5, 5.41) is 10.4. The number of aromatic hydroxyl groups is 1. The van der Waals surface area contributed by atoms with Crippen LogP contribution in [0.5, 0.6) is 5.88 Å². The molecular weight excluding hydrogens is 341 g/mol. The van der Waals surface area contributed by atoms with Crippen LogP contribution in [0, 0.1) is 17.7 Å². The van der Waals surface area contributed by atoms with Crippen LogP contribution >= 0.6 is 0 Å². The summed E-state index contributed by atoms with van der Waals surface area (Å²) in [5.74, 6) is 0.943. The van der Waals surface area contributed by atoms with Crippen LogP contribution in [-0.4, -0.2) is 29.4 Å². The second-order valence-corrected chi connectivity index (χ2v) is 7.68. The zero-order valence-electron chi connectivity index (χ0n) is 15.6. The highest BCUT2D eigenvalue weighted by atomic mass is 19.1. The maximum absolute atomic E-state index is 14.1. The van der Waals surface area contributed by atoms with Gasteiger partial charge in [0.05, 0.1) is 16.8 Å². The summed E-state index contributed by atoms with van der Waals surface area (Å²) in [6.45, 7) is 6.76. The average molecular weight is 365 g/mol. The van der Waals surface area contributed by atoms with Crippen molar-refractivity contribution in [3.05, 3.63) is 53.8 Å². The number of H-pyrrole nitrogens is 1. The van der Waals surface area contributed by atoms with Gasteiger partial charge in [0.2, 0.25) is 0 Å². The molecule has 4 rings (SSSR count). The Labute approximate surface area is 158 Å². The molecule has 0 radical (unpaired) electrons. The lowest BCUT2D eigenvalue weighted by Gasteiger charge is -2.36. The number of rotatable bonds is 3. The van der Waals surface area contributed by atoms with Crippen LogP contribution in [-0.2, 0) is 0 Å². The highest BCUT2D eigenvalue weighted by Crippen LogP contribution is 2.30. The first-order valence-corrected chi connectivity index (χ1v) is 9.39. The summed E-state index contributed by atoms with van der Waals surface area (Å²) >= 11 is 0. The van der Waals surface area contributed by atoms with Gasteiger partial charge in [-0.1, -0.05) is 19.9 Å². The molecular formula is C22H24FN3O. The van der Waals surface area contributed by atoms with Gasteiger partial charge in [-0.15, -0.1) is 0 Å². The largest absolute Gasteiger partial charge is 0.494 e. The monoisotopic (exact) mass is 365 g/mol. The lowest BCUT2D eigenvalue weighted by molar-refractivity contribution is 0.357. The second-order valence-electron chi connectivity index (χ2n) is 7.68. The van der Waals surface area contributed by atoms with Crippen molar-refractivity contribution in [3.8, 4) is 5.88 Å². The Bertz CT molecular complexity index is 967. The van der Waals surface area contributed by atoms with Gasteiger partial charge in [-0.25, -0.2) is 4.39 Å². The van der Waals surface area contributed by atoms with E-state index >= 15 is 0 Å². The Morgan fingerprint density at radius 1 is 1.11 bits per heavy atom. The molecule has 2 N–H and O–H groups in total. The first-order chi connectivity index (χ1) is 13.0. The molecule has 1 aromatic heterocycles. The molecule has 0 saturated carbocycles. The number of halogens is 1. The molecule has 5 heteroatoms.